The van der Waals surface area contributed by atoms with Crippen molar-refractivity contribution in [2.24, 2.45) is 0 Å². The molecule has 2 saturated heterocycles. The van der Waals surface area contributed by atoms with E-state index in [1.165, 1.54) is 94.3 Å². The number of phosphoric acid groups is 1. The molecule has 16 heteroatoms. The third-order valence-corrected chi connectivity index (χ3v) is 12.1. The van der Waals surface area contributed by atoms with E-state index in [0.29, 0.717) is 28.9 Å². The van der Waals surface area contributed by atoms with Crippen molar-refractivity contribution in [3.63, 3.8) is 0 Å². The van der Waals surface area contributed by atoms with Gasteiger partial charge in [0.15, 0.2) is 11.6 Å². The average Bonchev–Trinajstić information content (AvgIpc) is 3.91. The van der Waals surface area contributed by atoms with Crippen LogP contribution in [0.15, 0.2) is 42.7 Å². The van der Waals surface area contributed by atoms with Gasteiger partial charge in [0.1, 0.15) is 42.3 Å². The molecule has 2 aliphatic rings. The second-order valence-corrected chi connectivity index (χ2v) is 17.8. The maximum atomic E-state index is 13.3. The molecule has 1 aromatic carbocycles. The minimum absolute atomic E-state index is 0.0735. The van der Waals surface area contributed by atoms with Crippen LogP contribution in [0.25, 0.3) is 5.52 Å². The van der Waals surface area contributed by atoms with Gasteiger partial charge in [-0.15, -0.1) is 0 Å². The lowest BCUT2D eigenvalue weighted by Crippen LogP contribution is -2.40. The Morgan fingerprint density at radius 1 is 0.883 bits per heavy atom. The average molecular weight is 853 g/mol. The molecule has 15 nitrogen and oxygen atoms in total. The molecule has 0 amide bonds. The molecule has 5 rings (SSSR count). The Morgan fingerprint density at radius 3 is 2.18 bits per heavy atom. The Labute approximate surface area is 355 Å². The van der Waals surface area contributed by atoms with Crippen molar-refractivity contribution >= 4 is 19.2 Å². The smallest absolute Gasteiger partial charge is 0.382 e. The first kappa shape index (κ1) is 47.6. The molecule has 60 heavy (non-hydrogen) atoms. The molecule has 3 N–H and O–H groups in total. The van der Waals surface area contributed by atoms with Gasteiger partial charge in [0.2, 0.25) is 5.60 Å². The van der Waals surface area contributed by atoms with E-state index >= 15 is 0 Å². The fraction of sp³-hybridized carbons (Fsp3) is 0.682. The highest BCUT2D eigenvalue weighted by Gasteiger charge is 2.65. The van der Waals surface area contributed by atoms with Crippen LogP contribution in [0.5, 0.6) is 0 Å². The molecule has 0 aliphatic carbocycles. The highest BCUT2D eigenvalue weighted by atomic mass is 31.2. The summed E-state index contributed by atoms with van der Waals surface area (Å²) in [5, 5.41) is 24.4. The Morgan fingerprint density at radius 2 is 1.53 bits per heavy atom. The highest BCUT2D eigenvalue weighted by Crippen LogP contribution is 2.51. The molecule has 0 saturated carbocycles. The molecule has 0 spiro atoms. The van der Waals surface area contributed by atoms with Crippen LogP contribution >= 0.6 is 7.82 Å². The maximum absolute atomic E-state index is 13.3. The van der Waals surface area contributed by atoms with Crippen LogP contribution in [0.4, 0.5) is 5.82 Å². The summed E-state index contributed by atoms with van der Waals surface area (Å²) in [6.07, 6.45) is 18.2. The van der Waals surface area contributed by atoms with Crippen LogP contribution in [0.1, 0.15) is 140 Å². The molecular formula is C44H65N6O9P. The largest absolute Gasteiger partial charge is 0.472 e. The van der Waals surface area contributed by atoms with Crippen molar-refractivity contribution in [1.29, 1.82) is 10.5 Å². The first-order chi connectivity index (χ1) is 29.0. The Hall–Kier alpha value is -3.47. The number of nitriles is 2. The van der Waals surface area contributed by atoms with E-state index in [4.69, 9.17) is 38.5 Å². The summed E-state index contributed by atoms with van der Waals surface area (Å²) in [6.45, 7) is 5.58. The second kappa shape index (κ2) is 23.7. The van der Waals surface area contributed by atoms with Gasteiger partial charge >= 0.3 is 7.82 Å². The van der Waals surface area contributed by atoms with E-state index in [1.54, 1.807) is 44.2 Å². The zero-order valence-corrected chi connectivity index (χ0v) is 36.6. The first-order valence-electron chi connectivity index (χ1n) is 21.8. The molecule has 1 unspecified atom stereocenters. The lowest BCUT2D eigenvalue weighted by Gasteiger charge is -2.29. The third kappa shape index (κ3) is 13.5. The van der Waals surface area contributed by atoms with E-state index in [1.807, 2.05) is 6.07 Å². The number of benzene rings is 1. The quantitative estimate of drug-likeness (QED) is 0.0495. The van der Waals surface area contributed by atoms with Crippen LogP contribution in [0.3, 0.4) is 0 Å². The normalized spacial score (nSPS) is 22.3. The Kier molecular flexibility index (Phi) is 18.8. The third-order valence-electron chi connectivity index (χ3n) is 11.1. The zero-order chi connectivity index (χ0) is 42.9. The fourth-order valence-electron chi connectivity index (χ4n) is 7.92. The number of nitrogens with zero attached hydrogens (tertiary/aromatic N) is 5. The van der Waals surface area contributed by atoms with Crippen molar-refractivity contribution in [2.45, 2.75) is 166 Å². The van der Waals surface area contributed by atoms with Crippen LogP contribution in [-0.2, 0) is 49.5 Å². The summed E-state index contributed by atoms with van der Waals surface area (Å²) >= 11 is 0. The SMILES string of the molecule is CCCCCCCCCCCCCCCCCCOC[C@H](COP(=O)(O)OC[C@H]1O[C@@](C#N)(c2ccc3c(N)ncnn23)[C@@H]2OC(C)(C)O[C@@H]21)OCc1ccccc1C#N. The minimum Gasteiger partial charge on any atom is -0.382 e. The highest BCUT2D eigenvalue weighted by molar-refractivity contribution is 7.47. The molecule has 3 aromatic rings. The van der Waals surface area contributed by atoms with Gasteiger partial charge in [-0.2, -0.15) is 15.6 Å². The lowest BCUT2D eigenvalue weighted by atomic mass is 9.92. The van der Waals surface area contributed by atoms with Crippen LogP contribution in [0.2, 0.25) is 0 Å². The number of unbranched alkanes of at least 4 members (excludes halogenated alkanes) is 15. The molecule has 4 heterocycles. The monoisotopic (exact) mass is 852 g/mol. The van der Waals surface area contributed by atoms with Crippen LogP contribution in [-0.4, -0.2) is 76.1 Å². The number of aromatic nitrogens is 3. The molecule has 2 aliphatic heterocycles. The minimum atomic E-state index is -4.70. The topological polar surface area (TPSA) is 206 Å². The molecule has 0 bridgehead atoms. The van der Waals surface area contributed by atoms with E-state index in [-0.39, 0.29) is 25.6 Å². The summed E-state index contributed by atoms with van der Waals surface area (Å²) in [6, 6.07) is 14.8. The van der Waals surface area contributed by atoms with Crippen molar-refractivity contribution in [2.75, 3.05) is 32.2 Å². The first-order valence-corrected chi connectivity index (χ1v) is 23.3. The standard InChI is InChI=1S/C44H65N6O9P/c1-4-5-6-7-8-9-10-11-12-13-14-15-16-17-18-21-26-53-29-36(54-28-35-23-20-19-22-34(35)27-45)30-55-60(51,52)56-31-38-40-41(59-43(2,3)58-40)44(32-46,57-38)39-25-24-37-42(47)48-33-49-50(37)39/h19-20,22-25,33,36,38,40-41H,4-18,21,26,28-31H2,1-3H3,(H,51,52)(H2,47,48,49)/t36-,38-,40-,41-,44+/m1/s1. The van der Waals surface area contributed by atoms with E-state index in [9.17, 15) is 20.0 Å². The van der Waals surface area contributed by atoms with Gasteiger partial charge in [0.05, 0.1) is 43.8 Å². The fourth-order valence-corrected chi connectivity index (χ4v) is 8.69. The summed E-state index contributed by atoms with van der Waals surface area (Å²) in [5.74, 6) is -0.885. The zero-order valence-electron chi connectivity index (χ0n) is 35.7. The lowest BCUT2D eigenvalue weighted by molar-refractivity contribution is -0.204. The number of nitrogens with two attached hydrogens (primary N) is 1. The molecule has 0 radical (unpaired) electrons. The van der Waals surface area contributed by atoms with Gasteiger partial charge in [-0.1, -0.05) is 121 Å². The number of phosphoric ester groups is 1. The predicted octanol–water partition coefficient (Wildman–Crippen LogP) is 8.82. The van der Waals surface area contributed by atoms with Crippen molar-refractivity contribution in [1.82, 2.24) is 14.6 Å². The summed E-state index contributed by atoms with van der Waals surface area (Å²) in [7, 11) is -4.70. The molecule has 6 atom stereocenters. The predicted molar refractivity (Wildman–Crippen MR) is 225 cm³/mol. The number of hydrogen-bond acceptors (Lipinski definition) is 13. The van der Waals surface area contributed by atoms with Crippen LogP contribution in [0, 0.1) is 22.7 Å². The van der Waals surface area contributed by atoms with Gasteiger partial charge in [0, 0.05) is 6.61 Å². The Bertz CT molecular complexity index is 1900. The maximum Gasteiger partial charge on any atom is 0.472 e. The molecule has 2 fully saturated rings. The van der Waals surface area contributed by atoms with E-state index in [0.717, 1.165) is 19.3 Å². The molecular weight excluding hydrogens is 787 g/mol. The van der Waals surface area contributed by atoms with Gasteiger partial charge in [0.25, 0.3) is 0 Å². The number of hydrogen-bond donors (Lipinski definition) is 2. The van der Waals surface area contributed by atoms with E-state index in [2.05, 4.69) is 29.1 Å². The number of nitrogen functional groups attached to an aromatic ring is 1. The van der Waals surface area contributed by atoms with Gasteiger partial charge in [-0.25, -0.2) is 14.1 Å². The van der Waals surface area contributed by atoms with Crippen molar-refractivity contribution < 1.29 is 42.2 Å². The Balaban J connectivity index is 1.07. The van der Waals surface area contributed by atoms with Gasteiger partial charge in [-0.05, 0) is 44.0 Å². The van der Waals surface area contributed by atoms with Gasteiger partial charge < -0.3 is 34.3 Å². The number of fused-ring (bicyclic) bond motifs is 2. The van der Waals surface area contributed by atoms with Gasteiger partial charge in [-0.3, -0.25) is 9.05 Å². The number of rotatable bonds is 29. The van der Waals surface area contributed by atoms with E-state index < -0.39 is 50.2 Å². The molecule has 2 aromatic heterocycles. The molecule has 330 valence electrons. The number of anilines is 1. The van der Waals surface area contributed by atoms with Crippen molar-refractivity contribution in [3.05, 3.63) is 59.5 Å². The van der Waals surface area contributed by atoms with Crippen molar-refractivity contribution in [3.8, 4) is 12.1 Å². The summed E-state index contributed by atoms with van der Waals surface area (Å²) in [5.41, 5.74) is 6.26. The van der Waals surface area contributed by atoms with Crippen LogP contribution < -0.4 is 5.73 Å². The number of ether oxygens (including phenoxy) is 5. The summed E-state index contributed by atoms with van der Waals surface area (Å²) in [4.78, 5) is 14.9. The second-order valence-electron chi connectivity index (χ2n) is 16.3. The summed E-state index contributed by atoms with van der Waals surface area (Å²) < 4.78 is 56.4.